The number of carboxylic acid groups (broad SMARTS) is 1. The fourth-order valence-corrected chi connectivity index (χ4v) is 2.49. The maximum absolute atomic E-state index is 12.8. The van der Waals surface area contributed by atoms with Crippen LogP contribution in [0.3, 0.4) is 0 Å². The zero-order chi connectivity index (χ0) is 19.2. The SMILES string of the molecule is O=C(O)C(CC(F)(F)F)[C@H](Cc1ccc(NCCO)nc1)c1nnn[nH]1. The minimum Gasteiger partial charge on any atom is -0.481 e. The Morgan fingerprint density at radius 3 is 2.62 bits per heavy atom. The molecule has 0 bridgehead atoms. The van der Waals surface area contributed by atoms with E-state index in [4.69, 9.17) is 5.11 Å². The van der Waals surface area contributed by atoms with Crippen LogP contribution in [0.5, 0.6) is 0 Å². The van der Waals surface area contributed by atoms with Crippen LogP contribution in [0.25, 0.3) is 0 Å². The van der Waals surface area contributed by atoms with Crippen molar-refractivity contribution in [3.63, 3.8) is 0 Å². The molecule has 0 fully saturated rings. The Morgan fingerprint density at radius 2 is 2.12 bits per heavy atom. The van der Waals surface area contributed by atoms with Crippen molar-refractivity contribution in [1.82, 2.24) is 25.6 Å². The van der Waals surface area contributed by atoms with E-state index < -0.39 is 30.4 Å². The number of nitrogens with one attached hydrogen (secondary N) is 2. The normalized spacial score (nSPS) is 14.0. The molecule has 0 radical (unpaired) electrons. The van der Waals surface area contributed by atoms with Crippen LogP contribution in [0.4, 0.5) is 19.0 Å². The molecule has 142 valence electrons. The number of rotatable bonds is 9. The Labute approximate surface area is 145 Å². The number of aliphatic hydroxyl groups is 1. The number of aromatic amines is 1. The van der Waals surface area contributed by atoms with E-state index in [-0.39, 0.29) is 18.9 Å². The van der Waals surface area contributed by atoms with Crippen molar-refractivity contribution < 1.29 is 28.2 Å². The van der Waals surface area contributed by atoms with Gasteiger partial charge in [-0.25, -0.2) is 10.1 Å². The molecular formula is C14H17F3N6O3. The predicted octanol–water partition coefficient (Wildman–Crippen LogP) is 0.978. The number of tetrazole rings is 1. The third kappa shape index (κ3) is 5.65. The summed E-state index contributed by atoms with van der Waals surface area (Å²) in [6.07, 6.45) is -4.78. The number of pyridine rings is 1. The first-order valence-electron chi connectivity index (χ1n) is 7.63. The number of hydrogen-bond donors (Lipinski definition) is 4. The van der Waals surface area contributed by atoms with E-state index in [2.05, 4.69) is 30.9 Å². The molecule has 0 aromatic carbocycles. The van der Waals surface area contributed by atoms with Gasteiger partial charge in [0, 0.05) is 18.7 Å². The quantitative estimate of drug-likeness (QED) is 0.510. The molecule has 2 aromatic rings. The number of aliphatic hydroxyl groups excluding tert-OH is 1. The molecule has 2 aromatic heterocycles. The van der Waals surface area contributed by atoms with Gasteiger partial charge in [0.15, 0.2) is 5.82 Å². The second kappa shape index (κ2) is 8.56. The topological polar surface area (TPSA) is 137 Å². The summed E-state index contributed by atoms with van der Waals surface area (Å²) in [7, 11) is 0. The maximum Gasteiger partial charge on any atom is 0.389 e. The lowest BCUT2D eigenvalue weighted by Crippen LogP contribution is -2.30. The second-order valence-corrected chi connectivity index (χ2v) is 5.56. The molecule has 0 aliphatic carbocycles. The molecule has 0 aliphatic rings. The van der Waals surface area contributed by atoms with Crippen molar-refractivity contribution in [3.8, 4) is 0 Å². The third-order valence-electron chi connectivity index (χ3n) is 3.67. The van der Waals surface area contributed by atoms with Crippen LogP contribution in [0.15, 0.2) is 18.3 Å². The molecule has 2 heterocycles. The van der Waals surface area contributed by atoms with Crippen LogP contribution in [-0.2, 0) is 11.2 Å². The number of H-pyrrole nitrogens is 1. The summed E-state index contributed by atoms with van der Waals surface area (Å²) in [5.41, 5.74) is 0.523. The Morgan fingerprint density at radius 1 is 1.35 bits per heavy atom. The molecule has 4 N–H and O–H groups in total. The maximum atomic E-state index is 12.8. The number of anilines is 1. The lowest BCUT2D eigenvalue weighted by molar-refractivity contribution is -0.165. The first-order chi connectivity index (χ1) is 12.3. The van der Waals surface area contributed by atoms with Crippen LogP contribution in [0, 0.1) is 5.92 Å². The Bertz CT molecular complexity index is 693. The van der Waals surface area contributed by atoms with Crippen molar-refractivity contribution in [2.75, 3.05) is 18.5 Å². The molecule has 0 saturated heterocycles. The van der Waals surface area contributed by atoms with E-state index in [0.717, 1.165) is 0 Å². The standard InChI is InChI=1S/C14H17F3N6O3/c15-14(16,17)6-10(13(25)26)9(12-20-22-23-21-12)5-8-1-2-11(19-7-8)18-3-4-24/h1-2,7,9-10,24H,3-6H2,(H,18,19)(H,25,26)(H,20,21,22,23)/t9-,10?/m0/s1. The lowest BCUT2D eigenvalue weighted by atomic mass is 9.84. The first kappa shape index (κ1) is 19.6. The van der Waals surface area contributed by atoms with E-state index in [1.165, 1.54) is 6.20 Å². The smallest absolute Gasteiger partial charge is 0.389 e. The zero-order valence-corrected chi connectivity index (χ0v) is 13.4. The van der Waals surface area contributed by atoms with E-state index in [9.17, 15) is 23.1 Å². The molecule has 0 aliphatic heterocycles. The highest BCUT2D eigenvalue weighted by Gasteiger charge is 2.41. The van der Waals surface area contributed by atoms with Gasteiger partial charge in [-0.05, 0) is 28.5 Å². The Hall–Kier alpha value is -2.76. The Balaban J connectivity index is 2.23. The highest BCUT2D eigenvalue weighted by Crippen LogP contribution is 2.35. The summed E-state index contributed by atoms with van der Waals surface area (Å²) in [4.78, 5) is 15.5. The number of alkyl halides is 3. The van der Waals surface area contributed by atoms with Gasteiger partial charge in [-0.2, -0.15) is 13.2 Å². The molecule has 26 heavy (non-hydrogen) atoms. The van der Waals surface area contributed by atoms with Gasteiger partial charge in [0.2, 0.25) is 0 Å². The molecule has 0 amide bonds. The highest BCUT2D eigenvalue weighted by atomic mass is 19.4. The van der Waals surface area contributed by atoms with Crippen molar-refractivity contribution in [3.05, 3.63) is 29.7 Å². The van der Waals surface area contributed by atoms with Gasteiger partial charge in [0.1, 0.15) is 5.82 Å². The Kier molecular flexibility index (Phi) is 6.44. The summed E-state index contributed by atoms with van der Waals surface area (Å²) in [6, 6.07) is 3.19. The molecule has 1 unspecified atom stereocenters. The number of aromatic nitrogens is 5. The van der Waals surface area contributed by atoms with Gasteiger partial charge in [-0.15, -0.1) is 5.10 Å². The lowest BCUT2D eigenvalue weighted by Gasteiger charge is -2.22. The third-order valence-corrected chi connectivity index (χ3v) is 3.67. The van der Waals surface area contributed by atoms with E-state index in [1.54, 1.807) is 12.1 Å². The molecule has 2 rings (SSSR count). The van der Waals surface area contributed by atoms with Crippen molar-refractivity contribution in [2.24, 2.45) is 5.92 Å². The highest BCUT2D eigenvalue weighted by molar-refractivity contribution is 5.71. The summed E-state index contributed by atoms with van der Waals surface area (Å²) in [5.74, 6) is -4.01. The van der Waals surface area contributed by atoms with Crippen LogP contribution in [0.1, 0.15) is 23.7 Å². The minimum absolute atomic E-state index is 0.0378. The number of nitrogens with zero attached hydrogens (tertiary/aromatic N) is 4. The van der Waals surface area contributed by atoms with Crippen molar-refractivity contribution >= 4 is 11.8 Å². The molecule has 0 spiro atoms. The minimum atomic E-state index is -4.65. The number of carboxylic acids is 1. The van der Waals surface area contributed by atoms with E-state index >= 15 is 0 Å². The molecule has 2 atom stereocenters. The number of hydrogen-bond acceptors (Lipinski definition) is 7. The monoisotopic (exact) mass is 374 g/mol. The van der Waals surface area contributed by atoms with Crippen molar-refractivity contribution in [1.29, 1.82) is 0 Å². The summed E-state index contributed by atoms with van der Waals surface area (Å²) in [6.45, 7) is 0.215. The fraction of sp³-hybridized carbons (Fsp3) is 0.500. The second-order valence-electron chi connectivity index (χ2n) is 5.56. The molecule has 0 saturated carbocycles. The molecule has 9 nitrogen and oxygen atoms in total. The van der Waals surface area contributed by atoms with Gasteiger partial charge in [-0.1, -0.05) is 6.07 Å². The van der Waals surface area contributed by atoms with Gasteiger partial charge in [0.25, 0.3) is 0 Å². The van der Waals surface area contributed by atoms with E-state index in [0.29, 0.717) is 17.9 Å². The predicted molar refractivity (Wildman–Crippen MR) is 82.2 cm³/mol. The summed E-state index contributed by atoms with van der Waals surface area (Å²) < 4.78 is 38.4. The van der Waals surface area contributed by atoms with Crippen LogP contribution in [-0.4, -0.2) is 61.1 Å². The summed E-state index contributed by atoms with van der Waals surface area (Å²) in [5, 5.41) is 33.5. The van der Waals surface area contributed by atoms with E-state index in [1.807, 2.05) is 0 Å². The fourth-order valence-electron chi connectivity index (χ4n) is 2.49. The molecule has 12 heteroatoms. The van der Waals surface area contributed by atoms with Gasteiger partial charge in [-0.3, -0.25) is 4.79 Å². The average Bonchev–Trinajstić information content (AvgIpc) is 3.10. The largest absolute Gasteiger partial charge is 0.481 e. The number of halogens is 3. The van der Waals surface area contributed by atoms with Crippen LogP contribution >= 0.6 is 0 Å². The first-order valence-corrected chi connectivity index (χ1v) is 7.63. The molecular weight excluding hydrogens is 357 g/mol. The summed E-state index contributed by atoms with van der Waals surface area (Å²) >= 11 is 0. The van der Waals surface area contributed by atoms with Crippen LogP contribution < -0.4 is 5.32 Å². The van der Waals surface area contributed by atoms with Gasteiger partial charge < -0.3 is 15.5 Å². The van der Waals surface area contributed by atoms with Crippen molar-refractivity contribution in [2.45, 2.75) is 24.9 Å². The average molecular weight is 374 g/mol. The van der Waals surface area contributed by atoms with Crippen LogP contribution in [0.2, 0.25) is 0 Å². The number of carbonyl (C=O) groups is 1. The van der Waals surface area contributed by atoms with Gasteiger partial charge in [0.05, 0.1) is 18.9 Å². The zero-order valence-electron chi connectivity index (χ0n) is 13.4. The van der Waals surface area contributed by atoms with Gasteiger partial charge >= 0.3 is 12.1 Å². The number of aliphatic carboxylic acids is 1.